The van der Waals surface area contributed by atoms with Crippen LogP contribution >= 0.6 is 0 Å². The van der Waals surface area contributed by atoms with Gasteiger partial charge in [-0.1, -0.05) is 31.5 Å². The SMILES string of the molecule is CCCc1ccc(S(=O)(=O)Nc2ccc(C)cc2O)cc1. The van der Waals surface area contributed by atoms with Crippen LogP contribution in [0.5, 0.6) is 5.75 Å². The third-order valence-corrected chi connectivity index (χ3v) is 4.55. The molecule has 0 bridgehead atoms. The zero-order chi connectivity index (χ0) is 15.5. The highest BCUT2D eigenvalue weighted by molar-refractivity contribution is 7.92. The maximum Gasteiger partial charge on any atom is 0.262 e. The van der Waals surface area contributed by atoms with Crippen LogP contribution in [0.1, 0.15) is 24.5 Å². The van der Waals surface area contributed by atoms with Crippen LogP contribution in [0.4, 0.5) is 5.69 Å². The third-order valence-electron chi connectivity index (χ3n) is 3.17. The molecule has 0 unspecified atom stereocenters. The predicted octanol–water partition coefficient (Wildman–Crippen LogP) is 3.45. The van der Waals surface area contributed by atoms with E-state index < -0.39 is 10.0 Å². The van der Waals surface area contributed by atoms with Gasteiger partial charge in [-0.25, -0.2) is 8.42 Å². The molecule has 2 N–H and O–H groups in total. The number of aryl methyl sites for hydroxylation is 2. The average Bonchev–Trinajstić information content (AvgIpc) is 2.43. The van der Waals surface area contributed by atoms with E-state index in [1.165, 1.54) is 6.07 Å². The van der Waals surface area contributed by atoms with Crippen LogP contribution in [-0.4, -0.2) is 13.5 Å². The summed E-state index contributed by atoms with van der Waals surface area (Å²) in [7, 11) is -3.69. The Kier molecular flexibility index (Phi) is 4.53. The lowest BCUT2D eigenvalue weighted by atomic mass is 10.1. The van der Waals surface area contributed by atoms with Gasteiger partial charge in [0.25, 0.3) is 10.0 Å². The van der Waals surface area contributed by atoms with Gasteiger partial charge in [0.05, 0.1) is 10.6 Å². The lowest BCUT2D eigenvalue weighted by molar-refractivity contribution is 0.477. The molecule has 0 radical (unpaired) electrons. The molecule has 0 aliphatic rings. The smallest absolute Gasteiger partial charge is 0.262 e. The zero-order valence-electron chi connectivity index (χ0n) is 12.1. The molecule has 2 aromatic rings. The summed E-state index contributed by atoms with van der Waals surface area (Å²) in [6.45, 7) is 3.90. The molecule has 0 atom stereocenters. The summed E-state index contributed by atoms with van der Waals surface area (Å²) in [4.78, 5) is 0.183. The molecule has 0 spiro atoms. The number of hydrogen-bond donors (Lipinski definition) is 2. The fraction of sp³-hybridized carbons (Fsp3) is 0.250. The molecule has 5 heteroatoms. The van der Waals surface area contributed by atoms with E-state index in [0.29, 0.717) is 0 Å². The predicted molar refractivity (Wildman–Crippen MR) is 84.1 cm³/mol. The normalized spacial score (nSPS) is 11.3. The van der Waals surface area contributed by atoms with E-state index in [1.54, 1.807) is 24.3 Å². The number of phenols is 1. The number of anilines is 1. The van der Waals surface area contributed by atoms with Gasteiger partial charge in [-0.05, 0) is 48.7 Å². The number of rotatable bonds is 5. The van der Waals surface area contributed by atoms with Crippen LogP contribution in [0, 0.1) is 6.92 Å². The van der Waals surface area contributed by atoms with Gasteiger partial charge >= 0.3 is 0 Å². The topological polar surface area (TPSA) is 66.4 Å². The fourth-order valence-corrected chi connectivity index (χ4v) is 3.13. The maximum absolute atomic E-state index is 12.3. The number of hydrogen-bond acceptors (Lipinski definition) is 3. The molecule has 21 heavy (non-hydrogen) atoms. The summed E-state index contributed by atoms with van der Waals surface area (Å²) in [6.07, 6.45) is 1.94. The van der Waals surface area contributed by atoms with Gasteiger partial charge in [-0.15, -0.1) is 0 Å². The Morgan fingerprint density at radius 1 is 1.10 bits per heavy atom. The molecule has 0 aliphatic heterocycles. The second-order valence-corrected chi connectivity index (χ2v) is 6.70. The maximum atomic E-state index is 12.3. The highest BCUT2D eigenvalue weighted by Crippen LogP contribution is 2.26. The molecule has 0 saturated heterocycles. The molecule has 0 aliphatic carbocycles. The van der Waals surface area contributed by atoms with Crippen LogP contribution in [0.15, 0.2) is 47.4 Å². The van der Waals surface area contributed by atoms with Crippen LogP contribution < -0.4 is 4.72 Å². The van der Waals surface area contributed by atoms with Gasteiger partial charge in [0.2, 0.25) is 0 Å². The summed E-state index contributed by atoms with van der Waals surface area (Å²) in [6, 6.07) is 11.6. The Hall–Kier alpha value is -2.01. The molecular formula is C16H19NO3S. The van der Waals surface area contributed by atoms with E-state index in [9.17, 15) is 13.5 Å². The van der Waals surface area contributed by atoms with Crippen LogP contribution in [0.2, 0.25) is 0 Å². The second kappa shape index (κ2) is 6.18. The van der Waals surface area contributed by atoms with Crippen molar-refractivity contribution in [3.63, 3.8) is 0 Å². The number of aromatic hydroxyl groups is 1. The van der Waals surface area contributed by atoms with E-state index in [4.69, 9.17) is 0 Å². The van der Waals surface area contributed by atoms with E-state index >= 15 is 0 Å². The number of phenolic OH excluding ortho intramolecular Hbond substituents is 1. The molecule has 0 fully saturated rings. The standard InChI is InChI=1S/C16H19NO3S/c1-3-4-13-6-8-14(9-7-13)21(19,20)17-15-10-5-12(2)11-16(15)18/h5-11,17-18H,3-4H2,1-2H3. The molecule has 112 valence electrons. The molecule has 0 saturated carbocycles. The van der Waals surface area contributed by atoms with E-state index in [-0.39, 0.29) is 16.3 Å². The van der Waals surface area contributed by atoms with Crippen molar-refractivity contribution in [1.82, 2.24) is 0 Å². The van der Waals surface area contributed by atoms with Crippen molar-refractivity contribution in [2.24, 2.45) is 0 Å². The number of nitrogens with one attached hydrogen (secondary N) is 1. The largest absolute Gasteiger partial charge is 0.506 e. The minimum absolute atomic E-state index is 0.0822. The van der Waals surface area contributed by atoms with Crippen molar-refractivity contribution >= 4 is 15.7 Å². The van der Waals surface area contributed by atoms with E-state index in [1.807, 2.05) is 19.1 Å². The minimum atomic E-state index is -3.69. The molecule has 0 amide bonds. The van der Waals surface area contributed by atoms with Gasteiger partial charge in [0.1, 0.15) is 5.75 Å². The molecule has 4 nitrogen and oxygen atoms in total. The van der Waals surface area contributed by atoms with Crippen LogP contribution in [0.3, 0.4) is 0 Å². The first-order chi connectivity index (χ1) is 9.92. The highest BCUT2D eigenvalue weighted by Gasteiger charge is 2.15. The number of sulfonamides is 1. The monoisotopic (exact) mass is 305 g/mol. The summed E-state index contributed by atoms with van der Waals surface area (Å²) < 4.78 is 27.0. The van der Waals surface area contributed by atoms with Gasteiger partial charge in [0, 0.05) is 0 Å². The van der Waals surface area contributed by atoms with Crippen molar-refractivity contribution in [2.45, 2.75) is 31.6 Å². The molecule has 0 heterocycles. The van der Waals surface area contributed by atoms with Crippen molar-refractivity contribution in [2.75, 3.05) is 4.72 Å². The summed E-state index contributed by atoms with van der Waals surface area (Å²) in [5, 5.41) is 9.79. The first-order valence-corrected chi connectivity index (χ1v) is 8.32. The number of benzene rings is 2. The quantitative estimate of drug-likeness (QED) is 0.831. The zero-order valence-corrected chi connectivity index (χ0v) is 12.9. The highest BCUT2D eigenvalue weighted by atomic mass is 32.2. The Bertz CT molecular complexity index is 722. The van der Waals surface area contributed by atoms with Crippen molar-refractivity contribution in [3.8, 4) is 5.75 Å². The van der Waals surface area contributed by atoms with Gasteiger partial charge in [-0.2, -0.15) is 0 Å². The first-order valence-electron chi connectivity index (χ1n) is 6.84. The summed E-state index contributed by atoms with van der Waals surface area (Å²) in [5.74, 6) is -0.0822. The summed E-state index contributed by atoms with van der Waals surface area (Å²) in [5.41, 5.74) is 2.15. The van der Waals surface area contributed by atoms with Gasteiger partial charge in [0.15, 0.2) is 0 Å². The minimum Gasteiger partial charge on any atom is -0.506 e. The van der Waals surface area contributed by atoms with Crippen molar-refractivity contribution in [1.29, 1.82) is 0 Å². The molecular weight excluding hydrogens is 286 g/mol. The lowest BCUT2D eigenvalue weighted by Crippen LogP contribution is -2.13. The lowest BCUT2D eigenvalue weighted by Gasteiger charge is -2.10. The van der Waals surface area contributed by atoms with Gasteiger partial charge in [-0.3, -0.25) is 4.72 Å². The summed E-state index contributed by atoms with van der Waals surface area (Å²) >= 11 is 0. The third kappa shape index (κ3) is 3.76. The average molecular weight is 305 g/mol. The molecule has 2 rings (SSSR count). The van der Waals surface area contributed by atoms with Crippen LogP contribution in [-0.2, 0) is 16.4 Å². The molecule has 0 aromatic heterocycles. The first kappa shape index (κ1) is 15.4. The second-order valence-electron chi connectivity index (χ2n) is 5.02. The fourth-order valence-electron chi connectivity index (χ4n) is 2.06. The van der Waals surface area contributed by atoms with Crippen LogP contribution in [0.25, 0.3) is 0 Å². The Morgan fingerprint density at radius 2 is 1.76 bits per heavy atom. The Balaban J connectivity index is 2.25. The molecule has 2 aromatic carbocycles. The van der Waals surface area contributed by atoms with E-state index in [2.05, 4.69) is 11.6 Å². The Labute approximate surface area is 125 Å². The van der Waals surface area contributed by atoms with Crippen molar-refractivity contribution in [3.05, 3.63) is 53.6 Å². The Morgan fingerprint density at radius 3 is 2.33 bits per heavy atom. The van der Waals surface area contributed by atoms with Crippen molar-refractivity contribution < 1.29 is 13.5 Å². The van der Waals surface area contributed by atoms with Gasteiger partial charge < -0.3 is 5.11 Å². The van der Waals surface area contributed by atoms with E-state index in [0.717, 1.165) is 24.0 Å².